The number of hydrogen-bond acceptors (Lipinski definition) is 5. The Hall–Kier alpha value is -1.14. The van der Waals surface area contributed by atoms with E-state index in [0.29, 0.717) is 6.42 Å². The van der Waals surface area contributed by atoms with Gasteiger partial charge in [-0.25, -0.2) is 4.79 Å². The summed E-state index contributed by atoms with van der Waals surface area (Å²) in [6, 6.07) is -0.669. The van der Waals surface area contributed by atoms with Crippen molar-refractivity contribution in [2.24, 2.45) is 0 Å². The molecule has 2 aliphatic heterocycles. The first kappa shape index (κ1) is 13.3. The molecule has 0 aromatic rings. The largest absolute Gasteiger partial charge is 0.458 e. The fraction of sp³-hybridized carbons (Fsp3) is 0.833. The van der Waals surface area contributed by atoms with Crippen LogP contribution in [-0.4, -0.2) is 41.9 Å². The van der Waals surface area contributed by atoms with Crippen molar-refractivity contribution >= 4 is 11.8 Å². The third-order valence-corrected chi connectivity index (χ3v) is 3.15. The minimum absolute atomic E-state index is 0.207. The first-order valence-corrected chi connectivity index (χ1v) is 6.22. The van der Waals surface area contributed by atoms with E-state index < -0.39 is 17.9 Å². The van der Waals surface area contributed by atoms with E-state index in [-0.39, 0.29) is 24.0 Å². The second kappa shape index (κ2) is 4.51. The molecule has 2 N–H and O–H groups in total. The summed E-state index contributed by atoms with van der Waals surface area (Å²) in [7, 11) is 0. The lowest BCUT2D eigenvalue weighted by atomic mass is 9.96. The van der Waals surface area contributed by atoms with E-state index in [1.54, 1.807) is 6.92 Å². The number of fused-ring (bicyclic) bond motifs is 1. The van der Waals surface area contributed by atoms with Gasteiger partial charge in [0.05, 0.1) is 5.84 Å². The van der Waals surface area contributed by atoms with E-state index >= 15 is 0 Å². The number of amidine groups is 1. The number of ether oxygens (including phenoxy) is 3. The fourth-order valence-electron chi connectivity index (χ4n) is 2.48. The predicted molar refractivity (Wildman–Crippen MR) is 64.3 cm³/mol. The van der Waals surface area contributed by atoms with Crippen LogP contribution in [0.1, 0.15) is 34.1 Å². The van der Waals surface area contributed by atoms with Gasteiger partial charge in [-0.2, -0.15) is 0 Å². The summed E-state index contributed by atoms with van der Waals surface area (Å²) < 4.78 is 16.9. The Labute approximate surface area is 106 Å². The molecule has 2 saturated heterocycles. The van der Waals surface area contributed by atoms with Gasteiger partial charge >= 0.3 is 5.97 Å². The number of carbonyl (C=O) groups is 1. The number of carbonyl (C=O) groups excluding carboxylic acids is 1. The van der Waals surface area contributed by atoms with Crippen molar-refractivity contribution < 1.29 is 19.0 Å². The van der Waals surface area contributed by atoms with Crippen molar-refractivity contribution in [2.75, 3.05) is 0 Å². The van der Waals surface area contributed by atoms with Gasteiger partial charge in [0.2, 0.25) is 0 Å². The maximum absolute atomic E-state index is 11.9. The number of cyclic esters (lactones) is 1. The van der Waals surface area contributed by atoms with Gasteiger partial charge in [-0.05, 0) is 27.2 Å². The minimum Gasteiger partial charge on any atom is -0.458 e. The van der Waals surface area contributed by atoms with E-state index in [2.05, 4.69) is 5.32 Å². The molecule has 0 saturated carbocycles. The normalized spacial score (nSPS) is 37.9. The summed E-state index contributed by atoms with van der Waals surface area (Å²) in [5.41, 5.74) is 0. The highest BCUT2D eigenvalue weighted by Gasteiger charge is 2.55. The minimum atomic E-state index is -0.730. The van der Waals surface area contributed by atoms with E-state index in [1.807, 2.05) is 20.8 Å². The summed E-state index contributed by atoms with van der Waals surface area (Å²) in [6.07, 6.45) is -0.290. The molecule has 0 bridgehead atoms. The number of nitrogens with one attached hydrogen (secondary N) is 2. The van der Waals surface area contributed by atoms with Crippen LogP contribution in [0.15, 0.2) is 0 Å². The molecule has 102 valence electrons. The van der Waals surface area contributed by atoms with Gasteiger partial charge in [-0.15, -0.1) is 0 Å². The van der Waals surface area contributed by atoms with Gasteiger partial charge in [0, 0.05) is 0 Å². The molecule has 0 unspecified atom stereocenters. The molecule has 18 heavy (non-hydrogen) atoms. The SMILES string of the molecule is CC[C@H]1OC(=O)[C@H](NC(C)=N)[C@H]2OC(C)(C)O[C@H]21. The van der Waals surface area contributed by atoms with Crippen LogP contribution < -0.4 is 5.32 Å². The van der Waals surface area contributed by atoms with Crippen LogP contribution in [0.3, 0.4) is 0 Å². The Morgan fingerprint density at radius 2 is 2.00 bits per heavy atom. The number of rotatable bonds is 2. The molecular weight excluding hydrogens is 236 g/mol. The summed E-state index contributed by atoms with van der Waals surface area (Å²) in [5, 5.41) is 10.2. The van der Waals surface area contributed by atoms with Crippen molar-refractivity contribution in [1.29, 1.82) is 5.41 Å². The molecule has 2 rings (SSSR count). The highest BCUT2D eigenvalue weighted by atomic mass is 16.8. The Morgan fingerprint density at radius 3 is 2.56 bits per heavy atom. The highest BCUT2D eigenvalue weighted by Crippen LogP contribution is 2.36. The van der Waals surface area contributed by atoms with Crippen molar-refractivity contribution in [2.45, 2.75) is 64.3 Å². The summed E-state index contributed by atoms with van der Waals surface area (Å²) in [6.45, 7) is 7.15. The molecular formula is C12H20N2O4. The van der Waals surface area contributed by atoms with Crippen molar-refractivity contribution in [1.82, 2.24) is 5.32 Å². The number of esters is 1. The van der Waals surface area contributed by atoms with Gasteiger partial charge in [0.15, 0.2) is 11.8 Å². The molecule has 2 aliphatic rings. The average Bonchev–Trinajstić information content (AvgIpc) is 2.57. The van der Waals surface area contributed by atoms with Crippen LogP contribution in [0.4, 0.5) is 0 Å². The average molecular weight is 256 g/mol. The Morgan fingerprint density at radius 1 is 1.39 bits per heavy atom. The Bertz CT molecular complexity index is 369. The maximum atomic E-state index is 11.9. The maximum Gasteiger partial charge on any atom is 0.331 e. The van der Waals surface area contributed by atoms with Gasteiger partial charge in [-0.3, -0.25) is 5.41 Å². The molecule has 6 heteroatoms. The van der Waals surface area contributed by atoms with E-state index in [1.165, 1.54) is 0 Å². The third kappa shape index (κ3) is 2.35. The highest BCUT2D eigenvalue weighted by molar-refractivity contribution is 5.85. The van der Waals surface area contributed by atoms with Crippen molar-refractivity contribution in [3.8, 4) is 0 Å². The Kier molecular flexibility index (Phi) is 3.33. The Balaban J connectivity index is 2.23. The molecule has 0 aromatic carbocycles. The smallest absolute Gasteiger partial charge is 0.331 e. The monoisotopic (exact) mass is 256 g/mol. The topological polar surface area (TPSA) is 80.6 Å². The summed E-state index contributed by atoms with van der Waals surface area (Å²) >= 11 is 0. The first-order valence-electron chi connectivity index (χ1n) is 6.22. The lowest BCUT2D eigenvalue weighted by Gasteiger charge is -2.35. The van der Waals surface area contributed by atoms with Gasteiger partial charge in [0.25, 0.3) is 0 Å². The van der Waals surface area contributed by atoms with E-state index in [9.17, 15) is 4.79 Å². The van der Waals surface area contributed by atoms with Gasteiger partial charge in [0.1, 0.15) is 18.3 Å². The van der Waals surface area contributed by atoms with Crippen molar-refractivity contribution in [3.05, 3.63) is 0 Å². The molecule has 0 amide bonds. The van der Waals surface area contributed by atoms with Crippen LogP contribution in [0, 0.1) is 5.41 Å². The third-order valence-electron chi connectivity index (χ3n) is 3.15. The summed E-state index contributed by atoms with van der Waals surface area (Å²) in [4.78, 5) is 11.9. The van der Waals surface area contributed by atoms with Gasteiger partial charge in [-0.1, -0.05) is 6.92 Å². The van der Waals surface area contributed by atoms with Crippen LogP contribution in [0.5, 0.6) is 0 Å². The second-order valence-electron chi connectivity index (χ2n) is 5.20. The predicted octanol–water partition coefficient (Wildman–Crippen LogP) is 0.797. The van der Waals surface area contributed by atoms with Crippen LogP contribution >= 0.6 is 0 Å². The first-order chi connectivity index (χ1) is 8.34. The number of hydrogen-bond donors (Lipinski definition) is 2. The zero-order valence-corrected chi connectivity index (χ0v) is 11.1. The van der Waals surface area contributed by atoms with E-state index in [4.69, 9.17) is 19.6 Å². The van der Waals surface area contributed by atoms with Crippen LogP contribution in [-0.2, 0) is 19.0 Å². The molecule has 2 fully saturated rings. The lowest BCUT2D eigenvalue weighted by Crippen LogP contribution is -2.60. The molecule has 6 nitrogen and oxygen atoms in total. The molecule has 4 atom stereocenters. The zero-order valence-electron chi connectivity index (χ0n) is 11.1. The second-order valence-corrected chi connectivity index (χ2v) is 5.20. The zero-order chi connectivity index (χ0) is 13.5. The van der Waals surface area contributed by atoms with Gasteiger partial charge < -0.3 is 19.5 Å². The standard InChI is InChI=1S/C12H20N2O4/c1-5-7-9-10(18-12(3,4)17-9)8(11(15)16-7)14-6(2)13/h7-10H,5H2,1-4H3,(H2,13,14)/t7-,8-,9+,10-/m1/s1. The molecule has 0 spiro atoms. The quantitative estimate of drug-likeness (QED) is 0.434. The molecule has 0 radical (unpaired) electrons. The lowest BCUT2D eigenvalue weighted by molar-refractivity contribution is -0.172. The fourth-order valence-corrected chi connectivity index (χ4v) is 2.48. The summed E-state index contributed by atoms with van der Waals surface area (Å²) in [5.74, 6) is -0.901. The van der Waals surface area contributed by atoms with E-state index in [0.717, 1.165) is 0 Å². The van der Waals surface area contributed by atoms with Crippen LogP contribution in [0.2, 0.25) is 0 Å². The van der Waals surface area contributed by atoms with Crippen molar-refractivity contribution in [3.63, 3.8) is 0 Å². The molecule has 2 heterocycles. The van der Waals surface area contributed by atoms with Crippen LogP contribution in [0.25, 0.3) is 0 Å². The molecule has 0 aromatic heterocycles. The molecule has 0 aliphatic carbocycles.